The molecule has 0 radical (unpaired) electrons. The molecule has 0 aromatic rings. The summed E-state index contributed by atoms with van der Waals surface area (Å²) in [5.41, 5.74) is 0. The summed E-state index contributed by atoms with van der Waals surface area (Å²) in [6, 6.07) is 0. The molecule has 0 spiro atoms. The highest BCUT2D eigenvalue weighted by Gasteiger charge is 2.20. The summed E-state index contributed by atoms with van der Waals surface area (Å²) in [4.78, 5) is 0. The van der Waals surface area contributed by atoms with Crippen LogP contribution >= 0.6 is 0 Å². The Morgan fingerprint density at radius 3 is 2.33 bits per heavy atom. The minimum atomic E-state index is -2.84. The SMILES string of the molecule is CC(F)(F)COCCF. The van der Waals surface area contributed by atoms with Crippen LogP contribution in [0.5, 0.6) is 0 Å². The van der Waals surface area contributed by atoms with Gasteiger partial charge in [0.15, 0.2) is 0 Å². The average Bonchev–Trinajstić information content (AvgIpc) is 1.63. The molecule has 0 fully saturated rings. The van der Waals surface area contributed by atoms with Crippen LogP contribution in [-0.4, -0.2) is 25.8 Å². The zero-order chi connectivity index (χ0) is 7.33. The van der Waals surface area contributed by atoms with Crippen molar-refractivity contribution >= 4 is 0 Å². The summed E-state index contributed by atoms with van der Waals surface area (Å²) < 4.78 is 39.0. The van der Waals surface area contributed by atoms with E-state index in [0.717, 1.165) is 6.92 Å². The highest BCUT2D eigenvalue weighted by atomic mass is 19.3. The third-order valence-corrected chi connectivity index (χ3v) is 0.577. The summed E-state index contributed by atoms with van der Waals surface area (Å²) in [5.74, 6) is -2.84. The van der Waals surface area contributed by atoms with Gasteiger partial charge in [0.25, 0.3) is 5.92 Å². The summed E-state index contributed by atoms with van der Waals surface area (Å²) in [6.07, 6.45) is 0. The lowest BCUT2D eigenvalue weighted by Gasteiger charge is -2.08. The van der Waals surface area contributed by atoms with E-state index in [1.807, 2.05) is 0 Å². The Kier molecular flexibility index (Phi) is 3.61. The van der Waals surface area contributed by atoms with Gasteiger partial charge >= 0.3 is 0 Å². The maximum Gasteiger partial charge on any atom is 0.268 e. The van der Waals surface area contributed by atoms with Gasteiger partial charge in [-0.1, -0.05) is 0 Å². The Hall–Kier alpha value is -0.250. The van der Waals surface area contributed by atoms with E-state index in [4.69, 9.17) is 0 Å². The van der Waals surface area contributed by atoms with Crippen LogP contribution in [0, 0.1) is 0 Å². The average molecular weight is 142 g/mol. The first kappa shape index (κ1) is 8.75. The predicted molar refractivity (Wildman–Crippen MR) is 27.4 cm³/mol. The zero-order valence-corrected chi connectivity index (χ0v) is 5.16. The number of hydrogen-bond acceptors (Lipinski definition) is 1. The van der Waals surface area contributed by atoms with Gasteiger partial charge in [0.1, 0.15) is 13.3 Å². The smallest absolute Gasteiger partial charge is 0.268 e. The first-order valence-corrected chi connectivity index (χ1v) is 2.58. The Balaban J connectivity index is 3.07. The number of ether oxygens (including phenoxy) is 1. The number of hydrogen-bond donors (Lipinski definition) is 0. The van der Waals surface area contributed by atoms with Crippen LogP contribution < -0.4 is 0 Å². The summed E-state index contributed by atoms with van der Waals surface area (Å²) in [6.45, 7) is -0.929. The minimum absolute atomic E-state index is 0.247. The van der Waals surface area contributed by atoms with Crippen molar-refractivity contribution in [1.29, 1.82) is 0 Å². The Morgan fingerprint density at radius 1 is 1.44 bits per heavy atom. The van der Waals surface area contributed by atoms with Gasteiger partial charge < -0.3 is 4.74 Å². The third kappa shape index (κ3) is 7.75. The fourth-order valence-electron chi connectivity index (χ4n) is 0.306. The number of rotatable bonds is 4. The Morgan fingerprint density at radius 2 is 2.00 bits per heavy atom. The van der Waals surface area contributed by atoms with Crippen LogP contribution in [0.4, 0.5) is 13.2 Å². The standard InChI is InChI=1S/C5H9F3O/c1-5(7,8)4-9-3-2-6/h2-4H2,1H3. The van der Waals surface area contributed by atoms with Gasteiger partial charge in [0, 0.05) is 6.92 Å². The molecule has 0 N–H and O–H groups in total. The van der Waals surface area contributed by atoms with Gasteiger partial charge in [0.2, 0.25) is 0 Å². The summed E-state index contributed by atoms with van der Waals surface area (Å²) >= 11 is 0. The summed E-state index contributed by atoms with van der Waals surface area (Å²) in [7, 11) is 0. The fourth-order valence-corrected chi connectivity index (χ4v) is 0.306. The van der Waals surface area contributed by atoms with Crippen LogP contribution in [0.3, 0.4) is 0 Å². The van der Waals surface area contributed by atoms with E-state index in [1.165, 1.54) is 0 Å². The molecule has 0 saturated heterocycles. The Labute approximate surface area is 51.8 Å². The quantitative estimate of drug-likeness (QED) is 0.542. The second-order valence-corrected chi connectivity index (χ2v) is 1.81. The van der Waals surface area contributed by atoms with Gasteiger partial charge in [-0.15, -0.1) is 0 Å². The normalized spacial score (nSPS) is 12.0. The second kappa shape index (κ2) is 3.71. The molecule has 0 aromatic carbocycles. The molecule has 9 heavy (non-hydrogen) atoms. The van der Waals surface area contributed by atoms with Crippen LogP contribution in [0.1, 0.15) is 6.92 Å². The molecule has 0 atom stereocenters. The van der Waals surface area contributed by atoms with Crippen molar-refractivity contribution in [2.24, 2.45) is 0 Å². The van der Waals surface area contributed by atoms with Gasteiger partial charge in [-0.3, -0.25) is 0 Å². The molecule has 0 aromatic heterocycles. The predicted octanol–water partition coefficient (Wildman–Crippen LogP) is 1.63. The zero-order valence-electron chi connectivity index (χ0n) is 5.16. The lowest BCUT2D eigenvalue weighted by atomic mass is 10.4. The Bertz CT molecular complexity index is 69.1. The van der Waals surface area contributed by atoms with Crippen molar-refractivity contribution in [2.45, 2.75) is 12.8 Å². The second-order valence-electron chi connectivity index (χ2n) is 1.81. The maximum atomic E-state index is 11.8. The van der Waals surface area contributed by atoms with Crippen LogP contribution in [0.15, 0.2) is 0 Å². The van der Waals surface area contributed by atoms with Crippen molar-refractivity contribution in [2.75, 3.05) is 19.9 Å². The van der Waals surface area contributed by atoms with Gasteiger partial charge in [-0.05, 0) is 0 Å². The lowest BCUT2D eigenvalue weighted by molar-refractivity contribution is -0.0640. The highest BCUT2D eigenvalue weighted by molar-refractivity contribution is 4.53. The van der Waals surface area contributed by atoms with Gasteiger partial charge in [-0.25, -0.2) is 13.2 Å². The van der Waals surface area contributed by atoms with E-state index >= 15 is 0 Å². The molecule has 0 amide bonds. The molecule has 1 nitrogen and oxygen atoms in total. The van der Waals surface area contributed by atoms with Crippen LogP contribution in [-0.2, 0) is 4.74 Å². The topological polar surface area (TPSA) is 9.23 Å². The molecular formula is C5H9F3O. The maximum absolute atomic E-state index is 11.8. The van der Waals surface area contributed by atoms with Crippen molar-refractivity contribution in [1.82, 2.24) is 0 Å². The largest absolute Gasteiger partial charge is 0.373 e. The molecule has 0 aliphatic rings. The van der Waals surface area contributed by atoms with E-state index in [2.05, 4.69) is 4.74 Å². The monoisotopic (exact) mass is 142 g/mol. The lowest BCUT2D eigenvalue weighted by Crippen LogP contribution is -2.19. The van der Waals surface area contributed by atoms with Crippen molar-refractivity contribution < 1.29 is 17.9 Å². The fraction of sp³-hybridized carbons (Fsp3) is 1.00. The molecular weight excluding hydrogens is 133 g/mol. The molecule has 0 unspecified atom stereocenters. The van der Waals surface area contributed by atoms with Crippen LogP contribution in [0.25, 0.3) is 0 Å². The first-order valence-electron chi connectivity index (χ1n) is 2.58. The van der Waals surface area contributed by atoms with Crippen molar-refractivity contribution in [3.05, 3.63) is 0 Å². The molecule has 0 aliphatic carbocycles. The molecule has 4 heteroatoms. The third-order valence-electron chi connectivity index (χ3n) is 0.577. The minimum Gasteiger partial charge on any atom is -0.373 e. The molecule has 0 rings (SSSR count). The van der Waals surface area contributed by atoms with Crippen molar-refractivity contribution in [3.8, 4) is 0 Å². The number of alkyl halides is 3. The summed E-state index contributed by atoms with van der Waals surface area (Å²) in [5, 5.41) is 0. The molecule has 56 valence electrons. The highest BCUT2D eigenvalue weighted by Crippen LogP contribution is 2.10. The van der Waals surface area contributed by atoms with E-state index in [-0.39, 0.29) is 6.61 Å². The van der Waals surface area contributed by atoms with Gasteiger partial charge in [0.05, 0.1) is 6.61 Å². The van der Waals surface area contributed by atoms with E-state index in [9.17, 15) is 13.2 Å². The molecule has 0 saturated carbocycles. The van der Waals surface area contributed by atoms with E-state index in [1.54, 1.807) is 0 Å². The molecule has 0 bridgehead atoms. The number of halogens is 3. The van der Waals surface area contributed by atoms with Crippen LogP contribution in [0.2, 0.25) is 0 Å². The van der Waals surface area contributed by atoms with E-state index in [0.29, 0.717) is 0 Å². The van der Waals surface area contributed by atoms with Gasteiger partial charge in [-0.2, -0.15) is 0 Å². The molecule has 0 heterocycles. The van der Waals surface area contributed by atoms with Crippen molar-refractivity contribution in [3.63, 3.8) is 0 Å². The van der Waals surface area contributed by atoms with E-state index < -0.39 is 19.2 Å². The molecule has 0 aliphatic heterocycles. The first-order chi connectivity index (χ1) is 4.06.